The smallest absolute Gasteiger partial charge is 0.128 e. The van der Waals surface area contributed by atoms with Crippen molar-refractivity contribution >= 4 is 0 Å². The molecule has 0 aliphatic rings. The molecule has 0 spiro atoms. The molecule has 0 atom stereocenters. The molecular weight excluding hydrogens is 212 g/mol. The van der Waals surface area contributed by atoms with Crippen LogP contribution in [0.15, 0.2) is 30.3 Å². The topological polar surface area (TPSA) is 37.9 Å². The zero-order valence-corrected chi connectivity index (χ0v) is 10.2. The van der Waals surface area contributed by atoms with E-state index in [2.05, 4.69) is 6.07 Å². The Balaban J connectivity index is 2.65. The molecule has 0 amide bonds. The molecule has 0 saturated heterocycles. The van der Waals surface area contributed by atoms with E-state index in [1.165, 1.54) is 0 Å². The fourth-order valence-electron chi connectivity index (χ4n) is 1.93. The van der Waals surface area contributed by atoms with Crippen LogP contribution in [0.2, 0.25) is 0 Å². The van der Waals surface area contributed by atoms with Gasteiger partial charge in [-0.25, -0.2) is 0 Å². The summed E-state index contributed by atoms with van der Waals surface area (Å²) in [5.74, 6) is 0.817. The van der Waals surface area contributed by atoms with E-state index in [0.29, 0.717) is 5.56 Å². The summed E-state index contributed by atoms with van der Waals surface area (Å²) in [7, 11) is 3.61. The van der Waals surface area contributed by atoms with Crippen LogP contribution in [0, 0.1) is 18.3 Å². The van der Waals surface area contributed by atoms with Crippen molar-refractivity contribution in [2.75, 3.05) is 7.11 Å². The predicted molar refractivity (Wildman–Crippen MR) is 66.9 cm³/mol. The van der Waals surface area contributed by atoms with Crippen molar-refractivity contribution < 1.29 is 4.74 Å². The lowest BCUT2D eigenvalue weighted by molar-refractivity contribution is 0.416. The SMILES string of the molecule is COc1ccccc1-c1cc(C#N)c(C)n1C. The largest absolute Gasteiger partial charge is 0.496 e. The number of aromatic nitrogens is 1. The minimum atomic E-state index is 0.702. The Bertz CT molecular complexity index is 591. The van der Waals surface area contributed by atoms with Gasteiger partial charge in [-0.05, 0) is 25.1 Å². The van der Waals surface area contributed by atoms with Crippen LogP contribution in [0.4, 0.5) is 0 Å². The summed E-state index contributed by atoms with van der Waals surface area (Å²) in [6, 6.07) is 11.9. The minimum Gasteiger partial charge on any atom is -0.496 e. The Morgan fingerprint density at radius 1 is 1.29 bits per heavy atom. The van der Waals surface area contributed by atoms with Crippen molar-refractivity contribution in [2.24, 2.45) is 7.05 Å². The van der Waals surface area contributed by atoms with Crippen LogP contribution in [-0.2, 0) is 7.05 Å². The van der Waals surface area contributed by atoms with Crippen LogP contribution in [-0.4, -0.2) is 11.7 Å². The average molecular weight is 226 g/mol. The zero-order chi connectivity index (χ0) is 12.4. The van der Waals surface area contributed by atoms with Gasteiger partial charge in [-0.1, -0.05) is 12.1 Å². The van der Waals surface area contributed by atoms with Gasteiger partial charge in [0.15, 0.2) is 0 Å². The first-order valence-electron chi connectivity index (χ1n) is 5.39. The van der Waals surface area contributed by atoms with Crippen LogP contribution in [0.3, 0.4) is 0 Å². The Morgan fingerprint density at radius 3 is 2.59 bits per heavy atom. The van der Waals surface area contributed by atoms with Crippen molar-refractivity contribution in [3.05, 3.63) is 41.6 Å². The van der Waals surface area contributed by atoms with E-state index in [1.807, 2.05) is 48.9 Å². The first-order chi connectivity index (χ1) is 8.19. The van der Waals surface area contributed by atoms with Gasteiger partial charge in [0.2, 0.25) is 0 Å². The van der Waals surface area contributed by atoms with E-state index in [0.717, 1.165) is 22.7 Å². The maximum Gasteiger partial charge on any atom is 0.128 e. The molecule has 3 nitrogen and oxygen atoms in total. The molecule has 2 aromatic rings. The van der Waals surface area contributed by atoms with Gasteiger partial charge in [-0.15, -0.1) is 0 Å². The summed E-state index contributed by atoms with van der Waals surface area (Å²) in [5.41, 5.74) is 3.67. The molecule has 3 heteroatoms. The highest BCUT2D eigenvalue weighted by Crippen LogP contribution is 2.31. The molecule has 1 heterocycles. The summed E-state index contributed by atoms with van der Waals surface area (Å²) in [6.45, 7) is 1.94. The fraction of sp³-hybridized carbons (Fsp3) is 0.214. The zero-order valence-electron chi connectivity index (χ0n) is 10.2. The van der Waals surface area contributed by atoms with Crippen LogP contribution in [0.1, 0.15) is 11.3 Å². The van der Waals surface area contributed by atoms with E-state index >= 15 is 0 Å². The number of benzene rings is 1. The van der Waals surface area contributed by atoms with Crippen molar-refractivity contribution in [3.63, 3.8) is 0 Å². The second kappa shape index (κ2) is 4.34. The first-order valence-corrected chi connectivity index (χ1v) is 5.39. The van der Waals surface area contributed by atoms with Crippen LogP contribution in [0.5, 0.6) is 5.75 Å². The van der Waals surface area contributed by atoms with Gasteiger partial charge < -0.3 is 9.30 Å². The molecule has 0 fully saturated rings. The molecule has 1 aromatic heterocycles. The lowest BCUT2D eigenvalue weighted by Crippen LogP contribution is -1.96. The summed E-state index contributed by atoms with van der Waals surface area (Å²) in [4.78, 5) is 0. The molecule has 0 saturated carbocycles. The molecule has 0 bridgehead atoms. The lowest BCUT2D eigenvalue weighted by Gasteiger charge is -2.09. The molecule has 17 heavy (non-hydrogen) atoms. The number of hydrogen-bond acceptors (Lipinski definition) is 2. The van der Waals surface area contributed by atoms with Crippen LogP contribution in [0.25, 0.3) is 11.3 Å². The Hall–Kier alpha value is -2.21. The van der Waals surface area contributed by atoms with Crippen molar-refractivity contribution in [1.29, 1.82) is 5.26 Å². The molecular formula is C14H14N2O. The molecule has 0 N–H and O–H groups in total. The summed E-state index contributed by atoms with van der Waals surface area (Å²) in [5, 5.41) is 9.04. The summed E-state index contributed by atoms with van der Waals surface area (Å²) < 4.78 is 7.35. The van der Waals surface area contributed by atoms with Crippen LogP contribution < -0.4 is 4.74 Å². The molecule has 86 valence electrons. The number of hydrogen-bond donors (Lipinski definition) is 0. The van der Waals surface area contributed by atoms with E-state index in [9.17, 15) is 0 Å². The number of ether oxygens (including phenoxy) is 1. The highest BCUT2D eigenvalue weighted by atomic mass is 16.5. The Labute approximate surface area is 101 Å². The van der Waals surface area contributed by atoms with E-state index in [1.54, 1.807) is 7.11 Å². The van der Waals surface area contributed by atoms with Gasteiger partial charge in [-0.2, -0.15) is 5.26 Å². The van der Waals surface area contributed by atoms with Gasteiger partial charge >= 0.3 is 0 Å². The van der Waals surface area contributed by atoms with E-state index < -0.39 is 0 Å². The number of rotatable bonds is 2. The van der Waals surface area contributed by atoms with Gasteiger partial charge in [0.25, 0.3) is 0 Å². The van der Waals surface area contributed by atoms with Gasteiger partial charge in [-0.3, -0.25) is 0 Å². The summed E-state index contributed by atoms with van der Waals surface area (Å²) >= 11 is 0. The van der Waals surface area contributed by atoms with Gasteiger partial charge in [0.05, 0.1) is 18.4 Å². The molecule has 1 aromatic carbocycles. The maximum absolute atomic E-state index is 9.04. The second-order valence-electron chi connectivity index (χ2n) is 3.90. The monoisotopic (exact) mass is 226 g/mol. The Kier molecular flexibility index (Phi) is 2.88. The first kappa shape index (κ1) is 11.3. The number of methoxy groups -OCH3 is 1. The van der Waals surface area contributed by atoms with Gasteiger partial charge in [0.1, 0.15) is 11.8 Å². The number of para-hydroxylation sites is 1. The lowest BCUT2D eigenvalue weighted by atomic mass is 10.1. The predicted octanol–water partition coefficient (Wildman–Crippen LogP) is 2.88. The highest BCUT2D eigenvalue weighted by molar-refractivity contribution is 5.70. The third-order valence-electron chi connectivity index (χ3n) is 3.04. The third kappa shape index (κ3) is 1.78. The summed E-state index contributed by atoms with van der Waals surface area (Å²) in [6.07, 6.45) is 0. The molecule has 0 radical (unpaired) electrons. The second-order valence-corrected chi connectivity index (χ2v) is 3.90. The minimum absolute atomic E-state index is 0.702. The highest BCUT2D eigenvalue weighted by Gasteiger charge is 2.13. The van der Waals surface area contributed by atoms with Crippen molar-refractivity contribution in [2.45, 2.75) is 6.92 Å². The maximum atomic E-state index is 9.04. The molecule has 0 aliphatic heterocycles. The number of nitriles is 1. The fourth-order valence-corrected chi connectivity index (χ4v) is 1.93. The normalized spacial score (nSPS) is 10.0. The Morgan fingerprint density at radius 2 is 2.00 bits per heavy atom. The average Bonchev–Trinajstić information content (AvgIpc) is 2.66. The van der Waals surface area contributed by atoms with Crippen LogP contribution >= 0.6 is 0 Å². The van der Waals surface area contributed by atoms with E-state index in [4.69, 9.17) is 10.00 Å². The van der Waals surface area contributed by atoms with Crippen molar-refractivity contribution in [3.8, 4) is 23.1 Å². The standard InChI is InChI=1S/C14H14N2O/c1-10-11(9-15)8-13(16(10)2)12-6-4-5-7-14(12)17-3/h4-8H,1-3H3. The molecule has 2 rings (SSSR count). The molecule has 0 aliphatic carbocycles. The van der Waals surface area contributed by atoms with Gasteiger partial charge in [0, 0.05) is 18.3 Å². The third-order valence-corrected chi connectivity index (χ3v) is 3.04. The van der Waals surface area contributed by atoms with E-state index in [-0.39, 0.29) is 0 Å². The number of nitrogens with zero attached hydrogens (tertiary/aromatic N) is 2. The molecule has 0 unspecified atom stereocenters. The van der Waals surface area contributed by atoms with Crippen molar-refractivity contribution in [1.82, 2.24) is 4.57 Å². The quantitative estimate of drug-likeness (QED) is 0.789.